The zero-order valence-electron chi connectivity index (χ0n) is 28.2. The maximum atomic E-state index is 7.06. The number of ether oxygens (including phenoxy) is 2. The minimum atomic E-state index is -0.692. The highest BCUT2D eigenvalue weighted by molar-refractivity contribution is 6.10. The molecule has 3 heterocycles. The zero-order chi connectivity index (χ0) is 34.2. The average Bonchev–Trinajstić information content (AvgIpc) is 3.55. The number of benzene rings is 8. The lowest BCUT2D eigenvalue weighted by Crippen LogP contribution is -2.37. The number of rotatable bonds is 3. The number of hydrogen-bond acceptors (Lipinski definition) is 2. The van der Waals surface area contributed by atoms with E-state index in [1.165, 1.54) is 21.8 Å². The Morgan fingerprint density at radius 1 is 0.365 bits per heavy atom. The molecule has 0 saturated carbocycles. The van der Waals surface area contributed by atoms with Gasteiger partial charge in [-0.15, -0.1) is 0 Å². The summed E-state index contributed by atoms with van der Waals surface area (Å²) in [5.74, 6) is 3.41. The quantitative estimate of drug-likeness (QED) is 0.187. The molecule has 0 radical (unpaired) electrons. The normalized spacial score (nSPS) is 15.3. The molecule has 0 fully saturated rings. The lowest BCUT2D eigenvalue weighted by Gasteiger charge is -2.45. The van der Waals surface area contributed by atoms with Gasteiger partial charge < -0.3 is 14.0 Å². The van der Waals surface area contributed by atoms with Crippen molar-refractivity contribution in [3.8, 4) is 50.9 Å². The highest BCUT2D eigenvalue weighted by Gasteiger charge is 2.51. The number of para-hydroxylation sites is 5. The molecular formula is C49H31NO2. The summed E-state index contributed by atoms with van der Waals surface area (Å²) in [7, 11) is 0. The van der Waals surface area contributed by atoms with Gasteiger partial charge in [-0.25, -0.2) is 0 Å². The summed E-state index contributed by atoms with van der Waals surface area (Å²) in [4.78, 5) is 0. The molecule has 11 rings (SSSR count). The van der Waals surface area contributed by atoms with Gasteiger partial charge in [-0.3, -0.25) is 0 Å². The van der Waals surface area contributed by atoms with Crippen molar-refractivity contribution < 1.29 is 9.47 Å². The van der Waals surface area contributed by atoms with Gasteiger partial charge in [-0.1, -0.05) is 133 Å². The third-order valence-electron chi connectivity index (χ3n) is 10.9. The summed E-state index contributed by atoms with van der Waals surface area (Å²) in [6, 6.07) is 66.9. The van der Waals surface area contributed by atoms with E-state index in [4.69, 9.17) is 9.47 Å². The highest BCUT2D eigenvalue weighted by atomic mass is 16.5. The fraction of sp³-hybridized carbons (Fsp3) is 0.0204. The lowest BCUT2D eigenvalue weighted by molar-refractivity contribution is 0.400. The first-order valence-corrected chi connectivity index (χ1v) is 17.8. The molecule has 1 spiro atoms. The van der Waals surface area contributed by atoms with E-state index in [0.29, 0.717) is 0 Å². The molecule has 3 heteroatoms. The molecule has 52 heavy (non-hydrogen) atoms. The van der Waals surface area contributed by atoms with Crippen molar-refractivity contribution in [1.29, 1.82) is 0 Å². The van der Waals surface area contributed by atoms with E-state index < -0.39 is 5.41 Å². The number of nitrogens with zero attached hydrogens (tertiary/aromatic N) is 1. The average molecular weight is 666 g/mol. The van der Waals surface area contributed by atoms with E-state index >= 15 is 0 Å². The van der Waals surface area contributed by atoms with Crippen LogP contribution in [0.1, 0.15) is 22.3 Å². The van der Waals surface area contributed by atoms with Crippen molar-refractivity contribution >= 4 is 21.8 Å². The Morgan fingerprint density at radius 2 is 0.981 bits per heavy atom. The van der Waals surface area contributed by atoms with Crippen LogP contribution in [0.25, 0.3) is 49.7 Å². The van der Waals surface area contributed by atoms with Crippen LogP contribution in [0.5, 0.6) is 23.0 Å². The van der Waals surface area contributed by atoms with Gasteiger partial charge in [0.15, 0.2) is 0 Å². The van der Waals surface area contributed by atoms with Gasteiger partial charge >= 0.3 is 0 Å². The van der Waals surface area contributed by atoms with Gasteiger partial charge in [0, 0.05) is 44.3 Å². The molecule has 0 saturated heterocycles. The summed E-state index contributed by atoms with van der Waals surface area (Å²) >= 11 is 0. The van der Waals surface area contributed by atoms with Crippen molar-refractivity contribution in [2.45, 2.75) is 5.41 Å². The Morgan fingerprint density at radius 3 is 1.79 bits per heavy atom. The topological polar surface area (TPSA) is 23.4 Å². The fourth-order valence-electron chi connectivity index (χ4n) is 8.72. The summed E-state index contributed by atoms with van der Waals surface area (Å²) in [6.45, 7) is 0. The van der Waals surface area contributed by atoms with E-state index in [0.717, 1.165) is 73.2 Å². The van der Waals surface area contributed by atoms with Crippen molar-refractivity contribution in [3.05, 3.63) is 210 Å². The fourth-order valence-corrected chi connectivity index (χ4v) is 8.72. The zero-order valence-corrected chi connectivity index (χ0v) is 28.2. The minimum Gasteiger partial charge on any atom is -0.457 e. The molecule has 1 unspecified atom stereocenters. The molecular weight excluding hydrogens is 635 g/mol. The predicted octanol–water partition coefficient (Wildman–Crippen LogP) is 12.7. The van der Waals surface area contributed by atoms with Gasteiger partial charge in [0.1, 0.15) is 23.0 Å². The molecule has 1 atom stereocenters. The molecule has 0 bridgehead atoms. The van der Waals surface area contributed by atoms with Crippen LogP contribution >= 0.6 is 0 Å². The van der Waals surface area contributed by atoms with Gasteiger partial charge in [-0.05, 0) is 71.3 Å². The van der Waals surface area contributed by atoms with Crippen molar-refractivity contribution in [2.75, 3.05) is 0 Å². The predicted molar refractivity (Wildman–Crippen MR) is 210 cm³/mol. The first kappa shape index (κ1) is 28.9. The number of fused-ring (bicyclic) bond motifs is 11. The van der Waals surface area contributed by atoms with Crippen LogP contribution in [-0.4, -0.2) is 4.57 Å². The molecule has 244 valence electrons. The lowest BCUT2D eigenvalue weighted by atomic mass is 9.61. The van der Waals surface area contributed by atoms with E-state index in [1.807, 2.05) is 0 Å². The van der Waals surface area contributed by atoms with E-state index in [1.54, 1.807) is 0 Å². The van der Waals surface area contributed by atoms with Gasteiger partial charge in [-0.2, -0.15) is 0 Å². The highest BCUT2D eigenvalue weighted by Crippen LogP contribution is 2.63. The Kier molecular flexibility index (Phi) is 6.17. The summed E-state index contributed by atoms with van der Waals surface area (Å²) < 4.78 is 16.1. The van der Waals surface area contributed by atoms with E-state index in [-0.39, 0.29) is 0 Å². The Labute approximate surface area is 301 Å². The van der Waals surface area contributed by atoms with Crippen molar-refractivity contribution in [2.24, 2.45) is 0 Å². The maximum Gasteiger partial charge on any atom is 0.140 e. The van der Waals surface area contributed by atoms with E-state index in [2.05, 4.69) is 193 Å². The van der Waals surface area contributed by atoms with Crippen molar-refractivity contribution in [1.82, 2.24) is 4.57 Å². The molecule has 8 aromatic carbocycles. The van der Waals surface area contributed by atoms with Crippen LogP contribution in [0.15, 0.2) is 188 Å². The largest absolute Gasteiger partial charge is 0.457 e. The molecule has 0 aliphatic carbocycles. The summed E-state index contributed by atoms with van der Waals surface area (Å²) in [5, 5.41) is 2.42. The standard InChI is InChI=1S/C49H31NO2/c1-3-14-32(15-4-1)33-27-29-47-42(31-33)49(39-20-8-11-24-45(39)51-47)40-21-9-12-25-46(40)52-48-36(19-13-22-41(48)49)34-26-28-44-38(30-34)37-18-7-10-23-43(37)50(44)35-16-5-2-6-17-35/h1-31H. The van der Waals surface area contributed by atoms with Crippen LogP contribution in [0.4, 0.5) is 0 Å². The van der Waals surface area contributed by atoms with Crippen LogP contribution < -0.4 is 9.47 Å². The SMILES string of the molecule is c1ccc(-c2ccc3c(c2)C2(c4ccccc4O3)c3ccccc3Oc3c(-c4ccc5c(c4)c4ccccc4n5-c4ccccc4)cccc32)cc1. The molecule has 0 N–H and O–H groups in total. The molecule has 0 amide bonds. The van der Waals surface area contributed by atoms with E-state index in [9.17, 15) is 0 Å². The first-order chi connectivity index (χ1) is 25.8. The Balaban J connectivity index is 1.20. The second-order valence-corrected chi connectivity index (χ2v) is 13.6. The number of hydrogen-bond donors (Lipinski definition) is 0. The second-order valence-electron chi connectivity index (χ2n) is 13.6. The third kappa shape index (κ3) is 4.02. The molecule has 1 aromatic heterocycles. The minimum absolute atomic E-state index is 0.692. The maximum absolute atomic E-state index is 7.06. The van der Waals surface area contributed by atoms with Gasteiger partial charge in [0.05, 0.1) is 16.4 Å². The molecule has 2 aliphatic rings. The van der Waals surface area contributed by atoms with Gasteiger partial charge in [0.2, 0.25) is 0 Å². The Hall–Kier alpha value is -6.84. The van der Waals surface area contributed by atoms with Crippen LogP contribution in [-0.2, 0) is 5.41 Å². The monoisotopic (exact) mass is 665 g/mol. The molecule has 2 aliphatic heterocycles. The first-order valence-electron chi connectivity index (χ1n) is 17.8. The van der Waals surface area contributed by atoms with Crippen LogP contribution in [0.2, 0.25) is 0 Å². The molecule has 9 aromatic rings. The summed E-state index contributed by atoms with van der Waals surface area (Å²) in [6.07, 6.45) is 0. The van der Waals surface area contributed by atoms with Crippen molar-refractivity contribution in [3.63, 3.8) is 0 Å². The molecule has 3 nitrogen and oxygen atoms in total. The van der Waals surface area contributed by atoms with Gasteiger partial charge in [0.25, 0.3) is 0 Å². The number of aromatic nitrogens is 1. The van der Waals surface area contributed by atoms with Crippen LogP contribution in [0, 0.1) is 0 Å². The third-order valence-corrected chi connectivity index (χ3v) is 10.9. The van der Waals surface area contributed by atoms with Crippen LogP contribution in [0.3, 0.4) is 0 Å². The summed E-state index contributed by atoms with van der Waals surface area (Å²) in [5.41, 5.74) is 11.7. The Bertz CT molecular complexity index is 2840. The second kappa shape index (κ2) is 11.1. The smallest absolute Gasteiger partial charge is 0.140 e.